The lowest BCUT2D eigenvalue weighted by atomic mass is 9.99. The number of anilines is 1. The Morgan fingerprint density at radius 3 is 1.97 bits per heavy atom. The molecule has 2 fully saturated rings. The Hall–Kier alpha value is -3.41. The molecule has 194 valence electrons. The standard InChI is InChI=1S/C31H38N4O2/c36-30(24-9-5-1-2-6-10-24)34-27-19-17-23(18-20-27)29-32-21-28(35-29)22-13-15-25(16-14-22)31(37)33-26-11-7-3-4-8-12-26/h13-21,24,26H,1-12H2,(H,32,35)(H,33,37)(H,34,36). The lowest BCUT2D eigenvalue weighted by Gasteiger charge is -2.16. The number of carbonyl (C=O) groups is 2. The number of aromatic nitrogens is 2. The second kappa shape index (κ2) is 12.2. The molecule has 37 heavy (non-hydrogen) atoms. The lowest BCUT2D eigenvalue weighted by molar-refractivity contribution is -0.120. The lowest BCUT2D eigenvalue weighted by Crippen LogP contribution is -2.34. The van der Waals surface area contributed by atoms with Gasteiger partial charge in [0, 0.05) is 28.8 Å². The second-order valence-corrected chi connectivity index (χ2v) is 10.6. The molecule has 0 spiro atoms. The van der Waals surface area contributed by atoms with Gasteiger partial charge in [0.15, 0.2) is 0 Å². The number of amides is 2. The van der Waals surface area contributed by atoms with E-state index in [1.807, 2.05) is 54.7 Å². The van der Waals surface area contributed by atoms with Crippen molar-refractivity contribution in [2.24, 2.45) is 5.92 Å². The van der Waals surface area contributed by atoms with Crippen LogP contribution in [0.2, 0.25) is 0 Å². The maximum atomic E-state index is 12.7. The van der Waals surface area contributed by atoms with Crippen molar-refractivity contribution in [3.8, 4) is 22.6 Å². The zero-order valence-electron chi connectivity index (χ0n) is 21.6. The molecule has 2 aliphatic carbocycles. The highest BCUT2D eigenvalue weighted by molar-refractivity contribution is 5.95. The number of imidazole rings is 1. The third-order valence-electron chi connectivity index (χ3n) is 7.88. The minimum Gasteiger partial charge on any atom is -0.349 e. The summed E-state index contributed by atoms with van der Waals surface area (Å²) in [5, 5.41) is 6.30. The van der Waals surface area contributed by atoms with Gasteiger partial charge in [-0.3, -0.25) is 9.59 Å². The van der Waals surface area contributed by atoms with E-state index in [1.54, 1.807) is 0 Å². The third-order valence-corrected chi connectivity index (χ3v) is 7.88. The smallest absolute Gasteiger partial charge is 0.251 e. The summed E-state index contributed by atoms with van der Waals surface area (Å²) in [6.07, 6.45) is 15.7. The van der Waals surface area contributed by atoms with Gasteiger partial charge in [-0.15, -0.1) is 0 Å². The molecule has 2 aromatic carbocycles. The van der Waals surface area contributed by atoms with E-state index in [9.17, 15) is 9.59 Å². The number of nitrogens with one attached hydrogen (secondary N) is 3. The van der Waals surface area contributed by atoms with Gasteiger partial charge in [-0.05, 0) is 67.6 Å². The fourth-order valence-corrected chi connectivity index (χ4v) is 5.61. The highest BCUT2D eigenvalue weighted by atomic mass is 16.2. The van der Waals surface area contributed by atoms with E-state index in [0.29, 0.717) is 11.6 Å². The van der Waals surface area contributed by atoms with Gasteiger partial charge < -0.3 is 15.6 Å². The van der Waals surface area contributed by atoms with Gasteiger partial charge in [-0.1, -0.05) is 63.5 Å². The Morgan fingerprint density at radius 1 is 0.730 bits per heavy atom. The van der Waals surface area contributed by atoms with Crippen LogP contribution in [0.15, 0.2) is 54.7 Å². The number of H-pyrrole nitrogens is 1. The van der Waals surface area contributed by atoms with Crippen LogP contribution in [0.3, 0.4) is 0 Å². The van der Waals surface area contributed by atoms with Crippen LogP contribution in [0.1, 0.15) is 87.4 Å². The summed E-state index contributed by atoms with van der Waals surface area (Å²) < 4.78 is 0. The van der Waals surface area contributed by atoms with E-state index in [2.05, 4.69) is 20.6 Å². The fourth-order valence-electron chi connectivity index (χ4n) is 5.61. The molecular formula is C31H38N4O2. The van der Waals surface area contributed by atoms with Crippen molar-refractivity contribution in [2.75, 3.05) is 5.32 Å². The maximum absolute atomic E-state index is 12.7. The molecular weight excluding hydrogens is 460 g/mol. The largest absolute Gasteiger partial charge is 0.349 e. The Bertz CT molecular complexity index is 1170. The van der Waals surface area contributed by atoms with Gasteiger partial charge in [0.2, 0.25) is 5.91 Å². The Kier molecular flexibility index (Phi) is 8.34. The zero-order valence-corrected chi connectivity index (χ0v) is 21.6. The highest BCUT2D eigenvalue weighted by Gasteiger charge is 2.20. The molecule has 0 bridgehead atoms. The molecule has 0 atom stereocenters. The number of aromatic amines is 1. The molecule has 0 radical (unpaired) electrons. The summed E-state index contributed by atoms with van der Waals surface area (Å²) in [4.78, 5) is 33.3. The number of benzene rings is 2. The SMILES string of the molecule is O=C(NC1CCCCCC1)c1ccc(-c2cnc(-c3ccc(NC(=O)C4CCCCCC4)cc3)[nH]2)cc1. The van der Waals surface area contributed by atoms with E-state index in [-0.39, 0.29) is 17.7 Å². The first-order chi connectivity index (χ1) is 18.2. The summed E-state index contributed by atoms with van der Waals surface area (Å²) in [5.74, 6) is 1.05. The molecule has 2 saturated carbocycles. The van der Waals surface area contributed by atoms with Crippen molar-refractivity contribution >= 4 is 17.5 Å². The summed E-state index contributed by atoms with van der Waals surface area (Å²) in [5.41, 5.74) is 4.35. The monoisotopic (exact) mass is 498 g/mol. The summed E-state index contributed by atoms with van der Waals surface area (Å²) in [6, 6.07) is 15.8. The summed E-state index contributed by atoms with van der Waals surface area (Å²) >= 11 is 0. The van der Waals surface area contributed by atoms with Gasteiger partial charge >= 0.3 is 0 Å². The molecule has 6 heteroatoms. The second-order valence-electron chi connectivity index (χ2n) is 10.6. The Labute approximate surface area is 219 Å². The number of hydrogen-bond acceptors (Lipinski definition) is 3. The van der Waals surface area contributed by atoms with Crippen molar-refractivity contribution < 1.29 is 9.59 Å². The van der Waals surface area contributed by atoms with E-state index < -0.39 is 0 Å². The predicted molar refractivity (Wildman–Crippen MR) is 148 cm³/mol. The average Bonchev–Trinajstić information content (AvgIpc) is 3.08. The fraction of sp³-hybridized carbons (Fsp3) is 0.452. The molecule has 1 aromatic heterocycles. The van der Waals surface area contributed by atoms with Crippen LogP contribution in [-0.2, 0) is 4.79 Å². The minimum absolute atomic E-state index is 0.00923. The van der Waals surface area contributed by atoms with Crippen LogP contribution in [0.5, 0.6) is 0 Å². The molecule has 1 heterocycles. The summed E-state index contributed by atoms with van der Waals surface area (Å²) in [7, 11) is 0. The van der Waals surface area contributed by atoms with Gasteiger partial charge in [-0.2, -0.15) is 0 Å². The van der Waals surface area contributed by atoms with Crippen LogP contribution < -0.4 is 10.6 Å². The molecule has 0 saturated heterocycles. The van der Waals surface area contributed by atoms with Gasteiger partial charge in [0.1, 0.15) is 5.82 Å². The van der Waals surface area contributed by atoms with Crippen LogP contribution in [0, 0.1) is 5.92 Å². The van der Waals surface area contributed by atoms with Crippen molar-refractivity contribution in [1.29, 1.82) is 0 Å². The number of rotatable bonds is 6. The van der Waals surface area contributed by atoms with Crippen molar-refractivity contribution in [2.45, 2.75) is 83.1 Å². The third kappa shape index (κ3) is 6.68. The predicted octanol–water partition coefficient (Wildman–Crippen LogP) is 7.11. The quantitative estimate of drug-likeness (QED) is 0.317. The average molecular weight is 499 g/mol. The number of nitrogens with zero attached hydrogens (tertiary/aromatic N) is 1. The molecule has 3 N–H and O–H groups in total. The maximum Gasteiger partial charge on any atom is 0.251 e. The zero-order chi connectivity index (χ0) is 25.5. The molecule has 0 aliphatic heterocycles. The van der Waals surface area contributed by atoms with Crippen LogP contribution in [-0.4, -0.2) is 27.8 Å². The van der Waals surface area contributed by atoms with Crippen molar-refractivity contribution in [1.82, 2.24) is 15.3 Å². The molecule has 5 rings (SSSR count). The van der Waals surface area contributed by atoms with Crippen LogP contribution >= 0.6 is 0 Å². The van der Waals surface area contributed by atoms with E-state index >= 15 is 0 Å². The van der Waals surface area contributed by atoms with Crippen LogP contribution in [0.4, 0.5) is 5.69 Å². The number of carbonyl (C=O) groups excluding carboxylic acids is 2. The number of hydrogen-bond donors (Lipinski definition) is 3. The Morgan fingerprint density at radius 2 is 1.32 bits per heavy atom. The normalized spacial score (nSPS) is 17.5. The van der Waals surface area contributed by atoms with Crippen molar-refractivity contribution in [3.63, 3.8) is 0 Å². The van der Waals surface area contributed by atoms with E-state index in [4.69, 9.17) is 0 Å². The molecule has 2 aliphatic rings. The Balaban J connectivity index is 1.19. The molecule has 2 amide bonds. The first-order valence-electron chi connectivity index (χ1n) is 14.0. The molecule has 0 unspecified atom stereocenters. The molecule has 6 nitrogen and oxygen atoms in total. The van der Waals surface area contributed by atoms with Gasteiger partial charge in [0.05, 0.1) is 11.9 Å². The van der Waals surface area contributed by atoms with Gasteiger partial charge in [0.25, 0.3) is 5.91 Å². The van der Waals surface area contributed by atoms with E-state index in [0.717, 1.165) is 66.9 Å². The van der Waals surface area contributed by atoms with Crippen LogP contribution in [0.25, 0.3) is 22.6 Å². The first-order valence-corrected chi connectivity index (χ1v) is 14.0. The van der Waals surface area contributed by atoms with Gasteiger partial charge in [-0.25, -0.2) is 4.98 Å². The topological polar surface area (TPSA) is 86.9 Å². The summed E-state index contributed by atoms with van der Waals surface area (Å²) in [6.45, 7) is 0. The highest BCUT2D eigenvalue weighted by Crippen LogP contribution is 2.26. The molecule has 3 aromatic rings. The minimum atomic E-state index is 0.00923. The van der Waals surface area contributed by atoms with Crippen molar-refractivity contribution in [3.05, 3.63) is 60.3 Å². The van der Waals surface area contributed by atoms with E-state index in [1.165, 1.54) is 38.5 Å². The first kappa shape index (κ1) is 25.2.